The lowest BCUT2D eigenvalue weighted by Gasteiger charge is -2.16. The molecule has 3 N–H and O–H groups in total. The Morgan fingerprint density at radius 2 is 1.26 bits per heavy atom. The van der Waals surface area contributed by atoms with Crippen LogP contribution < -0.4 is 11.1 Å². The molecule has 0 atom stereocenters. The van der Waals surface area contributed by atoms with Gasteiger partial charge in [0, 0.05) is 26.2 Å². The highest BCUT2D eigenvalue weighted by molar-refractivity contribution is 6.67. The van der Waals surface area contributed by atoms with Gasteiger partial charge >= 0.3 is 6.09 Å². The molecule has 0 fully saturated rings. The van der Waals surface area contributed by atoms with Crippen LogP contribution in [0.15, 0.2) is 0 Å². The van der Waals surface area contributed by atoms with Gasteiger partial charge < -0.3 is 44.4 Å². The summed E-state index contributed by atoms with van der Waals surface area (Å²) >= 11 is 16.4. The summed E-state index contributed by atoms with van der Waals surface area (Å²) in [4.78, 5) is 13.4. The van der Waals surface area contributed by atoms with Crippen molar-refractivity contribution in [1.82, 2.24) is 10.2 Å². The molecule has 0 rings (SSSR count). The van der Waals surface area contributed by atoms with Crippen LogP contribution in [0.4, 0.5) is 4.79 Å². The Morgan fingerprint density at radius 3 is 1.74 bits per heavy atom. The minimum absolute atomic E-state index is 0.286. The lowest BCUT2D eigenvalue weighted by Crippen LogP contribution is -2.31. The molecular weight excluding hydrogens is 477 g/mol. The van der Waals surface area contributed by atoms with E-state index in [2.05, 4.69) is 10.2 Å². The Balaban J connectivity index is 3.27. The van der Waals surface area contributed by atoms with Gasteiger partial charge in [0.1, 0.15) is 6.61 Å². The average Bonchev–Trinajstić information content (AvgIpc) is 2.71. The molecule has 0 spiro atoms. The number of alkyl halides is 3. The molecule has 0 aromatic carbocycles. The first-order valence-electron chi connectivity index (χ1n) is 10.1. The van der Waals surface area contributed by atoms with E-state index in [9.17, 15) is 4.79 Å². The quantitative estimate of drug-likeness (QED) is 0.172. The van der Waals surface area contributed by atoms with Crippen molar-refractivity contribution in [1.29, 1.82) is 0 Å². The summed E-state index contributed by atoms with van der Waals surface area (Å²) < 4.78 is 30.0. The first-order valence-corrected chi connectivity index (χ1v) is 11.2. The van der Waals surface area contributed by atoms with E-state index in [1.807, 2.05) is 7.05 Å². The monoisotopic (exact) mass is 511 g/mol. The first-order chi connectivity index (χ1) is 14.8. The Bertz CT molecular complexity index is 421. The highest BCUT2D eigenvalue weighted by Gasteiger charge is 2.21. The zero-order chi connectivity index (χ0) is 23.2. The summed E-state index contributed by atoms with van der Waals surface area (Å²) in [5.74, 6) is 0. The Labute approximate surface area is 199 Å². The van der Waals surface area contributed by atoms with E-state index < -0.39 is 9.89 Å². The molecule has 0 radical (unpaired) electrons. The number of ether oxygens (including phenoxy) is 6. The number of hydrogen-bond donors (Lipinski definition) is 2. The molecule has 0 aliphatic heterocycles. The minimum atomic E-state index is -1.62. The molecule has 0 unspecified atom stereocenters. The van der Waals surface area contributed by atoms with Crippen molar-refractivity contribution in [2.24, 2.45) is 5.73 Å². The molecule has 0 heterocycles. The zero-order valence-electron chi connectivity index (χ0n) is 18.1. The molecule has 0 aliphatic rings. The predicted molar refractivity (Wildman–Crippen MR) is 120 cm³/mol. The summed E-state index contributed by atoms with van der Waals surface area (Å²) in [5, 5.41) is 2.48. The number of carbonyl (C=O) groups is 1. The van der Waals surface area contributed by atoms with Crippen LogP contribution in [0.2, 0.25) is 0 Å². The molecule has 0 aromatic heterocycles. The molecule has 1 amide bonds. The average molecular weight is 513 g/mol. The molecule has 0 aliphatic carbocycles. The van der Waals surface area contributed by atoms with Gasteiger partial charge in [-0.25, -0.2) is 4.79 Å². The molecule has 0 bridgehead atoms. The van der Waals surface area contributed by atoms with E-state index in [-0.39, 0.29) is 13.2 Å². The second-order valence-corrected chi connectivity index (χ2v) is 8.79. The summed E-state index contributed by atoms with van der Waals surface area (Å²) in [6.45, 7) is 7.27. The number of alkyl carbamates (subject to hydrolysis) is 1. The van der Waals surface area contributed by atoms with Crippen LogP contribution in [-0.4, -0.2) is 121 Å². The van der Waals surface area contributed by atoms with Crippen molar-refractivity contribution >= 4 is 40.9 Å². The number of amides is 1. The zero-order valence-corrected chi connectivity index (χ0v) is 20.4. The van der Waals surface area contributed by atoms with Crippen molar-refractivity contribution < 1.29 is 33.2 Å². The van der Waals surface area contributed by atoms with E-state index >= 15 is 0 Å². The molecule has 186 valence electrons. The maximum absolute atomic E-state index is 11.3. The van der Waals surface area contributed by atoms with E-state index in [4.69, 9.17) is 69.0 Å². The minimum Gasteiger partial charge on any atom is -0.445 e. The highest BCUT2D eigenvalue weighted by Crippen LogP contribution is 2.25. The van der Waals surface area contributed by atoms with Crippen LogP contribution in [-0.2, 0) is 28.4 Å². The van der Waals surface area contributed by atoms with Gasteiger partial charge in [0.2, 0.25) is 3.79 Å². The first kappa shape index (κ1) is 30.9. The van der Waals surface area contributed by atoms with Crippen LogP contribution in [0.25, 0.3) is 0 Å². The summed E-state index contributed by atoms with van der Waals surface area (Å²) in [6.07, 6.45) is -0.668. The predicted octanol–water partition coefficient (Wildman–Crippen LogP) is 1.06. The number of nitrogens with one attached hydrogen (secondary N) is 1. The third-order valence-corrected chi connectivity index (χ3v) is 3.82. The fourth-order valence-corrected chi connectivity index (χ4v) is 2.09. The number of carbonyl (C=O) groups excluding carboxylic acids is 1. The van der Waals surface area contributed by atoms with Crippen molar-refractivity contribution in [3.05, 3.63) is 0 Å². The van der Waals surface area contributed by atoms with Crippen molar-refractivity contribution in [2.75, 3.05) is 106 Å². The number of rotatable bonds is 21. The Kier molecular flexibility index (Phi) is 21.6. The molecule has 31 heavy (non-hydrogen) atoms. The van der Waals surface area contributed by atoms with Gasteiger partial charge in [0.15, 0.2) is 0 Å². The van der Waals surface area contributed by atoms with Crippen LogP contribution in [0, 0.1) is 0 Å². The number of halogens is 3. The standard InChI is InChI=1S/C18H36Cl3N3O7/c1-24(5-9-29-13-15-30-14-10-26-6-2-22)4-8-28-12-11-27-7-3-23-17(25)31-16-18(19,20)21/h2-16,22H2,1H3,(H,23,25). The molecule has 0 saturated heterocycles. The highest BCUT2D eigenvalue weighted by atomic mass is 35.6. The second-order valence-electron chi connectivity index (χ2n) is 6.27. The van der Waals surface area contributed by atoms with E-state index in [0.717, 1.165) is 13.1 Å². The maximum atomic E-state index is 11.3. The smallest absolute Gasteiger partial charge is 0.407 e. The lowest BCUT2D eigenvalue weighted by molar-refractivity contribution is 0.0101. The van der Waals surface area contributed by atoms with Gasteiger partial charge in [0.05, 0.1) is 66.1 Å². The normalized spacial score (nSPS) is 11.8. The summed E-state index contributed by atoms with van der Waals surface area (Å²) in [6, 6.07) is 0. The van der Waals surface area contributed by atoms with Gasteiger partial charge in [0.25, 0.3) is 0 Å². The van der Waals surface area contributed by atoms with E-state index in [1.165, 1.54) is 0 Å². The van der Waals surface area contributed by atoms with E-state index in [1.54, 1.807) is 0 Å². The summed E-state index contributed by atoms with van der Waals surface area (Å²) in [7, 11) is 2.00. The number of nitrogens with zero attached hydrogens (tertiary/aromatic N) is 1. The van der Waals surface area contributed by atoms with E-state index in [0.29, 0.717) is 72.6 Å². The van der Waals surface area contributed by atoms with Gasteiger partial charge in [-0.1, -0.05) is 34.8 Å². The topological polar surface area (TPSA) is 114 Å². The second kappa shape index (κ2) is 21.7. The summed E-state index contributed by atoms with van der Waals surface area (Å²) in [5.41, 5.74) is 5.31. The van der Waals surface area contributed by atoms with Crippen LogP contribution >= 0.6 is 34.8 Å². The third kappa shape index (κ3) is 26.0. The fourth-order valence-electron chi connectivity index (χ4n) is 1.92. The van der Waals surface area contributed by atoms with Crippen LogP contribution in [0.3, 0.4) is 0 Å². The third-order valence-electron chi connectivity index (χ3n) is 3.50. The molecule has 0 saturated carbocycles. The van der Waals surface area contributed by atoms with Crippen molar-refractivity contribution in [3.8, 4) is 0 Å². The van der Waals surface area contributed by atoms with Gasteiger partial charge in [-0.3, -0.25) is 0 Å². The van der Waals surface area contributed by atoms with Gasteiger partial charge in [-0.05, 0) is 7.05 Å². The largest absolute Gasteiger partial charge is 0.445 e. The lowest BCUT2D eigenvalue weighted by atomic mass is 10.5. The molecule has 13 heteroatoms. The van der Waals surface area contributed by atoms with Crippen LogP contribution in [0.5, 0.6) is 0 Å². The fraction of sp³-hybridized carbons (Fsp3) is 0.944. The Hall–Kier alpha value is -0.140. The molecule has 0 aromatic rings. The number of nitrogens with two attached hydrogens (primary N) is 1. The Morgan fingerprint density at radius 1 is 0.806 bits per heavy atom. The number of likely N-dealkylation sites (N-methyl/N-ethyl adjacent to an activating group) is 1. The maximum Gasteiger partial charge on any atom is 0.407 e. The van der Waals surface area contributed by atoms with Gasteiger partial charge in [-0.15, -0.1) is 0 Å². The number of hydrogen-bond acceptors (Lipinski definition) is 9. The van der Waals surface area contributed by atoms with Crippen LogP contribution in [0.1, 0.15) is 0 Å². The molecular formula is C18H36Cl3N3O7. The van der Waals surface area contributed by atoms with Crippen molar-refractivity contribution in [2.45, 2.75) is 3.79 Å². The molecule has 10 nitrogen and oxygen atoms in total. The van der Waals surface area contributed by atoms with Gasteiger partial charge in [-0.2, -0.15) is 0 Å². The van der Waals surface area contributed by atoms with Crippen molar-refractivity contribution in [3.63, 3.8) is 0 Å². The SMILES string of the molecule is CN(CCOCCOCCNC(=O)OCC(Cl)(Cl)Cl)CCOCCOCCOCCN.